The molecule has 3 aromatic rings. The van der Waals surface area contributed by atoms with Crippen LogP contribution < -0.4 is 14.8 Å². The molecule has 1 aromatic heterocycles. The van der Waals surface area contributed by atoms with Crippen LogP contribution in [0.3, 0.4) is 0 Å². The molecule has 0 saturated carbocycles. The van der Waals surface area contributed by atoms with Crippen molar-refractivity contribution in [2.45, 2.75) is 32.7 Å². The van der Waals surface area contributed by atoms with Crippen LogP contribution in [0, 0.1) is 0 Å². The van der Waals surface area contributed by atoms with Crippen molar-refractivity contribution < 1.29 is 14.3 Å². The Labute approximate surface area is 158 Å². The van der Waals surface area contributed by atoms with Gasteiger partial charge in [0.2, 0.25) is 5.91 Å². The Bertz CT molecular complexity index is 858. The molecule has 3 rings (SSSR count). The molecule has 27 heavy (non-hydrogen) atoms. The quantitative estimate of drug-likeness (QED) is 0.561. The van der Waals surface area contributed by atoms with Gasteiger partial charge in [0.15, 0.2) is 11.5 Å². The lowest BCUT2D eigenvalue weighted by molar-refractivity contribution is -0.122. The minimum absolute atomic E-state index is 0.0235. The molecule has 2 N–H and O–H groups in total. The fourth-order valence-electron chi connectivity index (χ4n) is 2.82. The molecule has 2 aromatic carbocycles. The Hall–Kier alpha value is -3.02. The summed E-state index contributed by atoms with van der Waals surface area (Å²) in [4.78, 5) is 20.0. The number of ether oxygens (including phenoxy) is 2. The van der Waals surface area contributed by atoms with E-state index in [1.807, 2.05) is 62.4 Å². The summed E-state index contributed by atoms with van der Waals surface area (Å²) in [7, 11) is 0. The third-order valence-corrected chi connectivity index (χ3v) is 4.15. The maximum atomic E-state index is 12.2. The Morgan fingerprint density at radius 1 is 1.11 bits per heavy atom. The molecule has 0 aliphatic carbocycles. The Morgan fingerprint density at radius 3 is 2.56 bits per heavy atom. The maximum Gasteiger partial charge on any atom is 0.220 e. The number of nitrogens with one attached hydrogen (secondary N) is 2. The highest BCUT2D eigenvalue weighted by Crippen LogP contribution is 2.26. The molecular formula is C21H25N3O3. The van der Waals surface area contributed by atoms with Crippen LogP contribution >= 0.6 is 0 Å². The monoisotopic (exact) mass is 367 g/mol. The van der Waals surface area contributed by atoms with Crippen LogP contribution in [0.25, 0.3) is 11.0 Å². The van der Waals surface area contributed by atoms with Crippen molar-refractivity contribution in [1.82, 2.24) is 15.3 Å². The van der Waals surface area contributed by atoms with E-state index < -0.39 is 0 Å². The third kappa shape index (κ3) is 5.00. The Kier molecular flexibility index (Phi) is 6.30. The fourth-order valence-corrected chi connectivity index (χ4v) is 2.82. The van der Waals surface area contributed by atoms with Gasteiger partial charge in [-0.1, -0.05) is 24.3 Å². The SMILES string of the molecule is CCOc1ccccc1OCCCC(=O)N[C@@H](C)c1nc2ccccc2[nH]1. The first-order chi connectivity index (χ1) is 13.2. The van der Waals surface area contributed by atoms with Gasteiger partial charge in [0.1, 0.15) is 5.82 Å². The minimum Gasteiger partial charge on any atom is -0.490 e. The summed E-state index contributed by atoms with van der Waals surface area (Å²) in [5, 5.41) is 2.97. The lowest BCUT2D eigenvalue weighted by Crippen LogP contribution is -2.27. The van der Waals surface area contributed by atoms with Crippen LogP contribution in [0.4, 0.5) is 0 Å². The average molecular weight is 367 g/mol. The number of aromatic nitrogens is 2. The number of carbonyl (C=O) groups excluding carboxylic acids is 1. The topological polar surface area (TPSA) is 76.2 Å². The number of rotatable bonds is 9. The van der Waals surface area contributed by atoms with Gasteiger partial charge in [-0.2, -0.15) is 0 Å². The normalized spacial score (nSPS) is 11.9. The summed E-state index contributed by atoms with van der Waals surface area (Å²) in [6.45, 7) is 4.90. The highest BCUT2D eigenvalue weighted by atomic mass is 16.5. The summed E-state index contributed by atoms with van der Waals surface area (Å²) < 4.78 is 11.3. The van der Waals surface area contributed by atoms with Gasteiger partial charge in [0.25, 0.3) is 0 Å². The molecule has 1 amide bonds. The minimum atomic E-state index is -0.176. The van der Waals surface area contributed by atoms with E-state index in [4.69, 9.17) is 9.47 Å². The largest absolute Gasteiger partial charge is 0.490 e. The molecule has 142 valence electrons. The zero-order chi connectivity index (χ0) is 19.1. The Morgan fingerprint density at radius 2 is 1.81 bits per heavy atom. The van der Waals surface area contributed by atoms with Crippen molar-refractivity contribution >= 4 is 16.9 Å². The second kappa shape index (κ2) is 9.07. The average Bonchev–Trinajstić information content (AvgIpc) is 3.11. The number of imidazole rings is 1. The van der Waals surface area contributed by atoms with Crippen molar-refractivity contribution in [3.63, 3.8) is 0 Å². The van der Waals surface area contributed by atoms with Crippen molar-refractivity contribution in [3.05, 3.63) is 54.4 Å². The van der Waals surface area contributed by atoms with Crippen LogP contribution in [0.15, 0.2) is 48.5 Å². The molecule has 0 fully saturated rings. The van der Waals surface area contributed by atoms with E-state index >= 15 is 0 Å². The highest BCUT2D eigenvalue weighted by molar-refractivity contribution is 5.77. The van der Waals surface area contributed by atoms with E-state index in [2.05, 4.69) is 15.3 Å². The second-order valence-electron chi connectivity index (χ2n) is 6.26. The van der Waals surface area contributed by atoms with E-state index in [9.17, 15) is 4.79 Å². The fraction of sp³-hybridized carbons (Fsp3) is 0.333. The summed E-state index contributed by atoms with van der Waals surface area (Å²) >= 11 is 0. The van der Waals surface area contributed by atoms with Crippen molar-refractivity contribution in [1.29, 1.82) is 0 Å². The van der Waals surface area contributed by atoms with Gasteiger partial charge in [-0.15, -0.1) is 0 Å². The van der Waals surface area contributed by atoms with Crippen LogP contribution in [0.5, 0.6) is 11.5 Å². The number of aromatic amines is 1. The zero-order valence-corrected chi connectivity index (χ0v) is 15.7. The summed E-state index contributed by atoms with van der Waals surface area (Å²) in [6, 6.07) is 15.2. The molecule has 6 heteroatoms. The molecule has 1 atom stereocenters. The van der Waals surface area contributed by atoms with Crippen molar-refractivity contribution in [3.8, 4) is 11.5 Å². The number of H-pyrrole nitrogens is 1. The molecule has 0 bridgehead atoms. The molecule has 0 aliphatic rings. The predicted octanol–water partition coefficient (Wildman–Crippen LogP) is 4.00. The maximum absolute atomic E-state index is 12.2. The summed E-state index contributed by atoms with van der Waals surface area (Å²) in [5.74, 6) is 2.16. The number of carbonyl (C=O) groups is 1. The van der Waals surface area contributed by atoms with Gasteiger partial charge in [-0.05, 0) is 44.5 Å². The second-order valence-corrected chi connectivity index (χ2v) is 6.26. The van der Waals surface area contributed by atoms with Gasteiger partial charge in [-0.25, -0.2) is 4.98 Å². The molecular weight excluding hydrogens is 342 g/mol. The van der Waals surface area contributed by atoms with E-state index in [-0.39, 0.29) is 11.9 Å². The number of fused-ring (bicyclic) bond motifs is 1. The van der Waals surface area contributed by atoms with E-state index in [1.54, 1.807) is 0 Å². The van der Waals surface area contributed by atoms with Crippen LogP contribution in [0.1, 0.15) is 38.6 Å². The predicted molar refractivity (Wildman–Crippen MR) is 105 cm³/mol. The number of amides is 1. The van der Waals surface area contributed by atoms with Crippen LogP contribution in [-0.4, -0.2) is 29.1 Å². The summed E-state index contributed by atoms with van der Waals surface area (Å²) in [5.41, 5.74) is 1.87. The molecule has 0 spiro atoms. The van der Waals surface area contributed by atoms with Gasteiger partial charge >= 0.3 is 0 Å². The first-order valence-corrected chi connectivity index (χ1v) is 9.26. The summed E-state index contributed by atoms with van der Waals surface area (Å²) in [6.07, 6.45) is 1.01. The smallest absolute Gasteiger partial charge is 0.220 e. The third-order valence-electron chi connectivity index (χ3n) is 4.15. The first-order valence-electron chi connectivity index (χ1n) is 9.26. The first kappa shape index (κ1) is 18.8. The number of benzene rings is 2. The van der Waals surface area contributed by atoms with Gasteiger partial charge in [0.05, 0.1) is 30.3 Å². The highest BCUT2D eigenvalue weighted by Gasteiger charge is 2.13. The van der Waals surface area contributed by atoms with Crippen LogP contribution in [0.2, 0.25) is 0 Å². The lowest BCUT2D eigenvalue weighted by atomic mass is 10.2. The van der Waals surface area contributed by atoms with Gasteiger partial charge < -0.3 is 19.8 Å². The molecule has 0 aliphatic heterocycles. The molecule has 0 unspecified atom stereocenters. The lowest BCUT2D eigenvalue weighted by Gasteiger charge is -2.13. The molecule has 1 heterocycles. The zero-order valence-electron chi connectivity index (χ0n) is 15.7. The number of hydrogen-bond donors (Lipinski definition) is 2. The van der Waals surface area contributed by atoms with Gasteiger partial charge in [0, 0.05) is 6.42 Å². The van der Waals surface area contributed by atoms with E-state index in [0.29, 0.717) is 31.8 Å². The van der Waals surface area contributed by atoms with Crippen molar-refractivity contribution in [2.75, 3.05) is 13.2 Å². The van der Waals surface area contributed by atoms with Gasteiger partial charge in [-0.3, -0.25) is 4.79 Å². The number of hydrogen-bond acceptors (Lipinski definition) is 4. The van der Waals surface area contributed by atoms with E-state index in [1.165, 1.54) is 0 Å². The van der Waals surface area contributed by atoms with Crippen molar-refractivity contribution in [2.24, 2.45) is 0 Å². The van der Waals surface area contributed by atoms with E-state index in [0.717, 1.165) is 22.6 Å². The number of nitrogens with zero attached hydrogens (tertiary/aromatic N) is 1. The number of para-hydroxylation sites is 4. The van der Waals surface area contributed by atoms with Crippen LogP contribution in [-0.2, 0) is 4.79 Å². The molecule has 0 radical (unpaired) electrons. The molecule has 0 saturated heterocycles. The molecule has 6 nitrogen and oxygen atoms in total. The Balaban J connectivity index is 1.44. The standard InChI is InChI=1S/C21H25N3O3/c1-3-26-18-11-6-7-12-19(18)27-14-8-13-20(25)22-15(2)21-23-16-9-4-5-10-17(16)24-21/h4-7,9-12,15H,3,8,13-14H2,1-2H3,(H,22,25)(H,23,24)/t15-/m0/s1.